The fourth-order valence-electron chi connectivity index (χ4n) is 4.06. The van der Waals surface area contributed by atoms with E-state index in [2.05, 4.69) is 33.7 Å². The third-order valence-corrected chi connectivity index (χ3v) is 6.23. The van der Waals surface area contributed by atoms with Crippen molar-refractivity contribution in [3.63, 3.8) is 0 Å². The Bertz CT molecular complexity index is 755. The molecule has 0 radical (unpaired) electrons. The van der Waals surface area contributed by atoms with E-state index < -0.39 is 0 Å². The summed E-state index contributed by atoms with van der Waals surface area (Å²) in [6, 6.07) is 8.52. The third kappa shape index (κ3) is 4.11. The Kier molecular flexibility index (Phi) is 5.58. The molecule has 2 aromatic rings. The lowest BCUT2D eigenvalue weighted by molar-refractivity contribution is -0.119. The minimum Gasteiger partial charge on any atom is -0.416 e. The van der Waals surface area contributed by atoms with E-state index >= 15 is 0 Å². The second-order valence-electron chi connectivity index (χ2n) is 7.24. The van der Waals surface area contributed by atoms with E-state index in [1.54, 1.807) is 0 Å². The van der Waals surface area contributed by atoms with Crippen LogP contribution in [0.3, 0.4) is 0 Å². The lowest BCUT2D eigenvalue weighted by Crippen LogP contribution is -2.32. The fourth-order valence-corrected chi connectivity index (χ4v) is 4.64. The van der Waals surface area contributed by atoms with Crippen LogP contribution in [0.4, 0.5) is 0 Å². The number of carbonyl (C=O) groups excluding carboxylic acids is 1. The molecule has 0 saturated heterocycles. The molecule has 1 N–H and O–H groups in total. The normalized spacial score (nSPS) is 20.5. The van der Waals surface area contributed by atoms with Gasteiger partial charge >= 0.3 is 0 Å². The van der Waals surface area contributed by atoms with Gasteiger partial charge in [0.05, 0.1) is 11.8 Å². The van der Waals surface area contributed by atoms with Crippen molar-refractivity contribution < 1.29 is 9.21 Å². The number of aromatic nitrogens is 2. The van der Waals surface area contributed by atoms with Crippen molar-refractivity contribution in [2.45, 2.75) is 68.5 Å². The van der Waals surface area contributed by atoms with E-state index in [9.17, 15) is 4.79 Å². The first-order chi connectivity index (χ1) is 12.8. The van der Waals surface area contributed by atoms with E-state index in [-0.39, 0.29) is 11.9 Å². The van der Waals surface area contributed by atoms with Crippen LogP contribution in [0.2, 0.25) is 0 Å². The summed E-state index contributed by atoms with van der Waals surface area (Å²) < 4.78 is 5.78. The molecule has 1 aromatic carbocycles. The molecule has 2 aliphatic rings. The summed E-state index contributed by atoms with van der Waals surface area (Å²) in [6.07, 6.45) is 9.26. The average Bonchev–Trinajstić information content (AvgIpc) is 3.17. The Balaban J connectivity index is 1.30. The van der Waals surface area contributed by atoms with Crippen LogP contribution in [-0.2, 0) is 11.2 Å². The topological polar surface area (TPSA) is 68.0 Å². The van der Waals surface area contributed by atoms with Crippen molar-refractivity contribution in [1.29, 1.82) is 0 Å². The number of hydrogen-bond acceptors (Lipinski definition) is 5. The van der Waals surface area contributed by atoms with Crippen molar-refractivity contribution in [1.82, 2.24) is 15.5 Å². The van der Waals surface area contributed by atoms with Crippen LogP contribution in [0.5, 0.6) is 0 Å². The number of hydrogen-bond donors (Lipinski definition) is 1. The summed E-state index contributed by atoms with van der Waals surface area (Å²) in [5.41, 5.74) is 2.61. The summed E-state index contributed by atoms with van der Waals surface area (Å²) in [5.74, 6) is 1.48. The zero-order valence-corrected chi connectivity index (χ0v) is 15.8. The van der Waals surface area contributed by atoms with E-state index in [0.29, 0.717) is 16.9 Å². The van der Waals surface area contributed by atoms with Gasteiger partial charge in [0.15, 0.2) is 0 Å². The van der Waals surface area contributed by atoms with Crippen molar-refractivity contribution in [2.24, 2.45) is 0 Å². The van der Waals surface area contributed by atoms with Gasteiger partial charge in [-0.05, 0) is 43.2 Å². The molecule has 1 atom stereocenters. The van der Waals surface area contributed by atoms with Gasteiger partial charge in [0.25, 0.3) is 5.22 Å². The minimum atomic E-state index is 0.0223. The first-order valence-electron chi connectivity index (χ1n) is 9.63. The Hall–Kier alpha value is -1.82. The largest absolute Gasteiger partial charge is 0.416 e. The van der Waals surface area contributed by atoms with Gasteiger partial charge in [-0.3, -0.25) is 4.79 Å². The molecule has 26 heavy (non-hydrogen) atoms. The summed E-state index contributed by atoms with van der Waals surface area (Å²) >= 11 is 1.33. The van der Waals surface area contributed by atoms with Crippen LogP contribution in [0, 0.1) is 0 Å². The highest BCUT2D eigenvalue weighted by Gasteiger charge is 2.23. The van der Waals surface area contributed by atoms with Crippen molar-refractivity contribution in [3.05, 3.63) is 41.3 Å². The Morgan fingerprint density at radius 2 is 1.96 bits per heavy atom. The Morgan fingerprint density at radius 3 is 2.85 bits per heavy atom. The predicted octanol–water partition coefficient (Wildman–Crippen LogP) is 4.40. The number of aryl methyl sites for hydroxylation is 1. The summed E-state index contributed by atoms with van der Waals surface area (Å²) in [4.78, 5) is 12.4. The standard InChI is InChI=1S/C20H25N3O2S/c24-18(21-17-12-6-10-14-7-4-5-11-16(14)17)13-26-20-23-22-19(25-20)15-8-2-1-3-9-15/h4-5,7,11,15,17H,1-3,6,8-10,12-13H2,(H,21,24)/t17-/m1/s1. The van der Waals surface area contributed by atoms with E-state index in [1.807, 2.05) is 6.07 Å². The van der Waals surface area contributed by atoms with Crippen molar-refractivity contribution in [3.8, 4) is 0 Å². The molecule has 0 spiro atoms. The van der Waals surface area contributed by atoms with Gasteiger partial charge in [-0.2, -0.15) is 0 Å². The monoisotopic (exact) mass is 371 g/mol. The molecule has 0 aliphatic heterocycles. The number of fused-ring (bicyclic) bond motifs is 1. The third-order valence-electron chi connectivity index (χ3n) is 5.41. The molecular formula is C20H25N3O2S. The Morgan fingerprint density at radius 1 is 1.12 bits per heavy atom. The number of nitrogens with one attached hydrogen (secondary N) is 1. The van der Waals surface area contributed by atoms with Gasteiger partial charge in [-0.15, -0.1) is 10.2 Å². The van der Waals surface area contributed by atoms with Crippen molar-refractivity contribution in [2.75, 3.05) is 5.75 Å². The highest BCUT2D eigenvalue weighted by molar-refractivity contribution is 7.99. The first-order valence-corrected chi connectivity index (χ1v) is 10.6. The predicted molar refractivity (Wildman–Crippen MR) is 101 cm³/mol. The van der Waals surface area contributed by atoms with Gasteiger partial charge in [0, 0.05) is 5.92 Å². The maximum atomic E-state index is 12.4. The number of amides is 1. The number of benzene rings is 1. The highest BCUT2D eigenvalue weighted by Crippen LogP contribution is 2.33. The first kappa shape index (κ1) is 17.6. The molecule has 4 rings (SSSR count). The molecule has 6 heteroatoms. The SMILES string of the molecule is O=C(CSc1nnc(C2CCCCC2)o1)N[C@@H]1CCCc2ccccc21. The number of thioether (sulfide) groups is 1. The van der Waals surface area contributed by atoms with E-state index in [4.69, 9.17) is 4.42 Å². The highest BCUT2D eigenvalue weighted by atomic mass is 32.2. The molecule has 0 bridgehead atoms. The molecule has 2 aliphatic carbocycles. The summed E-state index contributed by atoms with van der Waals surface area (Å²) in [6.45, 7) is 0. The second-order valence-corrected chi connectivity index (χ2v) is 8.17. The summed E-state index contributed by atoms with van der Waals surface area (Å²) in [5, 5.41) is 12.0. The molecule has 1 saturated carbocycles. The van der Waals surface area contributed by atoms with Crippen LogP contribution in [-0.4, -0.2) is 21.9 Å². The van der Waals surface area contributed by atoms with Gasteiger partial charge in [-0.1, -0.05) is 55.3 Å². The minimum absolute atomic E-state index is 0.0223. The van der Waals surface area contributed by atoms with Crippen LogP contribution < -0.4 is 5.32 Å². The van der Waals surface area contributed by atoms with Crippen LogP contribution in [0.1, 0.15) is 73.9 Å². The smallest absolute Gasteiger partial charge is 0.277 e. The zero-order chi connectivity index (χ0) is 17.8. The molecule has 1 heterocycles. The maximum absolute atomic E-state index is 12.4. The molecule has 1 amide bonds. The van der Waals surface area contributed by atoms with E-state index in [1.165, 1.54) is 42.2 Å². The molecule has 1 aromatic heterocycles. The van der Waals surface area contributed by atoms with Gasteiger partial charge in [0.1, 0.15) is 0 Å². The molecular weight excluding hydrogens is 346 g/mol. The van der Waals surface area contributed by atoms with Gasteiger partial charge in [0.2, 0.25) is 11.8 Å². The van der Waals surface area contributed by atoms with Gasteiger partial charge < -0.3 is 9.73 Å². The quantitative estimate of drug-likeness (QED) is 0.789. The van der Waals surface area contributed by atoms with Crippen molar-refractivity contribution >= 4 is 17.7 Å². The molecule has 1 fully saturated rings. The molecule has 5 nitrogen and oxygen atoms in total. The van der Waals surface area contributed by atoms with Crippen LogP contribution in [0.15, 0.2) is 33.9 Å². The molecule has 138 valence electrons. The number of carbonyl (C=O) groups is 1. The van der Waals surface area contributed by atoms with Gasteiger partial charge in [-0.25, -0.2) is 0 Å². The zero-order valence-electron chi connectivity index (χ0n) is 14.9. The summed E-state index contributed by atoms with van der Waals surface area (Å²) in [7, 11) is 0. The fraction of sp³-hybridized carbons (Fsp3) is 0.550. The Labute approximate surface area is 158 Å². The second kappa shape index (κ2) is 8.25. The number of nitrogens with zero attached hydrogens (tertiary/aromatic N) is 2. The molecule has 0 unspecified atom stereocenters. The maximum Gasteiger partial charge on any atom is 0.277 e. The average molecular weight is 372 g/mol. The lowest BCUT2D eigenvalue weighted by Gasteiger charge is -2.26. The number of rotatable bonds is 5. The van der Waals surface area contributed by atoms with E-state index in [0.717, 1.165) is 38.0 Å². The van der Waals surface area contributed by atoms with Crippen LogP contribution in [0.25, 0.3) is 0 Å². The van der Waals surface area contributed by atoms with Crippen LogP contribution >= 0.6 is 11.8 Å². The lowest BCUT2D eigenvalue weighted by atomic mass is 9.88.